The van der Waals surface area contributed by atoms with Gasteiger partial charge in [-0.15, -0.1) is 0 Å². The number of halogens is 2. The van der Waals surface area contributed by atoms with Gasteiger partial charge in [-0.1, -0.05) is 47.6 Å². The van der Waals surface area contributed by atoms with Crippen LogP contribution in [-0.2, 0) is 14.3 Å². The van der Waals surface area contributed by atoms with Gasteiger partial charge in [-0.3, -0.25) is 4.79 Å². The lowest BCUT2D eigenvalue weighted by molar-refractivity contribution is -0.139. The Labute approximate surface area is 208 Å². The highest BCUT2D eigenvalue weighted by Gasteiger charge is 2.51. The van der Waals surface area contributed by atoms with E-state index in [-0.39, 0.29) is 6.61 Å². The number of ether oxygens (including phenoxy) is 1. The number of carboxylic acid groups (broad SMARTS) is 1. The largest absolute Gasteiger partial charge is 0.480 e. The molecule has 4 rings (SSSR count). The van der Waals surface area contributed by atoms with E-state index >= 15 is 0 Å². The molecule has 0 radical (unpaired) electrons. The second kappa shape index (κ2) is 9.44. The van der Waals surface area contributed by atoms with Crippen molar-refractivity contribution in [2.75, 3.05) is 6.61 Å². The number of thioether (sulfide) groups is 1. The SMILES string of the molecule is CCOC(=O)C1=C(C)N=C2SC(C(=O)O)C(c3ccc(I)cc3)N2C1c1ccc(Cl)cc1. The molecule has 2 aromatic rings. The quantitative estimate of drug-likeness (QED) is 0.374. The lowest BCUT2D eigenvalue weighted by Crippen LogP contribution is -2.40. The molecule has 0 aromatic heterocycles. The maximum absolute atomic E-state index is 13.0. The zero-order valence-corrected chi connectivity index (χ0v) is 21.0. The molecule has 2 aromatic carbocycles. The molecule has 1 fully saturated rings. The van der Waals surface area contributed by atoms with Crippen molar-refractivity contribution >= 4 is 63.1 Å². The van der Waals surface area contributed by atoms with Gasteiger partial charge in [-0.05, 0) is 71.8 Å². The Kier molecular flexibility index (Phi) is 6.83. The molecule has 2 aliphatic heterocycles. The van der Waals surface area contributed by atoms with Crippen LogP contribution >= 0.6 is 46.0 Å². The molecular weight excluding hydrogens is 563 g/mol. The fourth-order valence-electron chi connectivity index (χ4n) is 4.02. The van der Waals surface area contributed by atoms with E-state index < -0.39 is 29.3 Å². The Bertz CT molecular complexity index is 1120. The van der Waals surface area contributed by atoms with Crippen LogP contribution in [0, 0.1) is 3.57 Å². The van der Waals surface area contributed by atoms with E-state index in [9.17, 15) is 14.7 Å². The van der Waals surface area contributed by atoms with Gasteiger partial charge in [-0.2, -0.15) is 0 Å². The summed E-state index contributed by atoms with van der Waals surface area (Å²) < 4.78 is 6.41. The number of carbonyl (C=O) groups excluding carboxylic acids is 1. The lowest BCUT2D eigenvalue weighted by atomic mass is 9.91. The number of benzene rings is 2. The van der Waals surface area contributed by atoms with Crippen molar-refractivity contribution < 1.29 is 19.4 Å². The average molecular weight is 583 g/mol. The molecule has 6 nitrogen and oxygen atoms in total. The number of aliphatic carboxylic acids is 1. The molecule has 1 saturated heterocycles. The Morgan fingerprint density at radius 2 is 1.78 bits per heavy atom. The number of fused-ring (bicyclic) bond motifs is 1. The first kappa shape index (κ1) is 23.1. The molecule has 166 valence electrons. The van der Waals surface area contributed by atoms with Gasteiger partial charge >= 0.3 is 11.9 Å². The van der Waals surface area contributed by atoms with E-state index in [0.29, 0.717) is 21.5 Å². The summed E-state index contributed by atoms with van der Waals surface area (Å²) in [6.45, 7) is 3.74. The highest BCUT2D eigenvalue weighted by atomic mass is 127. The number of hydrogen-bond donors (Lipinski definition) is 1. The monoisotopic (exact) mass is 582 g/mol. The Morgan fingerprint density at radius 1 is 1.16 bits per heavy atom. The minimum Gasteiger partial charge on any atom is -0.480 e. The molecule has 2 aliphatic rings. The fourth-order valence-corrected chi connectivity index (χ4v) is 5.78. The molecule has 3 atom stereocenters. The smallest absolute Gasteiger partial charge is 0.338 e. The van der Waals surface area contributed by atoms with Gasteiger partial charge in [-0.25, -0.2) is 9.79 Å². The van der Waals surface area contributed by atoms with Gasteiger partial charge in [0.05, 0.1) is 30.0 Å². The van der Waals surface area contributed by atoms with Crippen LogP contribution in [0.2, 0.25) is 5.02 Å². The Hall–Kier alpha value is -2.04. The van der Waals surface area contributed by atoms with E-state index in [4.69, 9.17) is 16.3 Å². The van der Waals surface area contributed by atoms with Gasteiger partial charge in [0, 0.05) is 8.59 Å². The predicted octanol–water partition coefficient (Wildman–Crippen LogP) is 5.44. The predicted molar refractivity (Wildman–Crippen MR) is 134 cm³/mol. The Balaban J connectivity index is 1.91. The molecule has 9 heteroatoms. The summed E-state index contributed by atoms with van der Waals surface area (Å²) >= 11 is 9.54. The van der Waals surface area contributed by atoms with Crippen LogP contribution in [-0.4, -0.2) is 39.0 Å². The van der Waals surface area contributed by atoms with Gasteiger partial charge in [0.15, 0.2) is 5.17 Å². The number of aliphatic imine (C=N–C) groups is 1. The van der Waals surface area contributed by atoms with Crippen molar-refractivity contribution in [3.05, 3.63) is 79.5 Å². The molecule has 0 amide bonds. The highest BCUT2D eigenvalue weighted by Crippen LogP contribution is 2.51. The second-order valence-corrected chi connectivity index (χ2v) is 10.1. The normalized spacial score (nSPS) is 22.4. The van der Waals surface area contributed by atoms with E-state index in [0.717, 1.165) is 14.7 Å². The van der Waals surface area contributed by atoms with Crippen molar-refractivity contribution in [1.29, 1.82) is 0 Å². The first-order valence-corrected chi connectivity index (χ1v) is 12.3. The molecular formula is C23H20ClIN2O4S. The summed E-state index contributed by atoms with van der Waals surface area (Å²) in [5, 5.41) is 10.4. The van der Waals surface area contributed by atoms with E-state index in [2.05, 4.69) is 27.6 Å². The molecule has 1 N–H and O–H groups in total. The zero-order valence-electron chi connectivity index (χ0n) is 17.3. The molecule has 2 heterocycles. The van der Waals surface area contributed by atoms with Gasteiger partial charge in [0.25, 0.3) is 0 Å². The minimum absolute atomic E-state index is 0.229. The van der Waals surface area contributed by atoms with Crippen molar-refractivity contribution in [1.82, 2.24) is 4.90 Å². The molecule has 0 saturated carbocycles. The molecule has 0 bridgehead atoms. The standard InChI is InChI=1S/C23H20ClIN2O4S/c1-3-31-22(30)17-12(2)26-23-27(18(17)13-4-8-15(24)9-5-13)19(20(32-23)21(28)29)14-6-10-16(25)11-7-14/h4-11,18-20H,3H2,1-2H3,(H,28,29). The topological polar surface area (TPSA) is 79.2 Å². The molecule has 0 spiro atoms. The molecule has 32 heavy (non-hydrogen) atoms. The van der Waals surface area contributed by atoms with Crippen LogP contribution in [0.5, 0.6) is 0 Å². The van der Waals surface area contributed by atoms with Gasteiger partial charge in [0.2, 0.25) is 0 Å². The summed E-state index contributed by atoms with van der Waals surface area (Å²) in [6, 6.07) is 13.9. The first-order chi connectivity index (χ1) is 15.3. The number of allylic oxidation sites excluding steroid dienone is 1. The molecule has 0 aliphatic carbocycles. The van der Waals surface area contributed by atoms with Crippen molar-refractivity contribution in [3.63, 3.8) is 0 Å². The van der Waals surface area contributed by atoms with Crippen LogP contribution in [0.25, 0.3) is 0 Å². The number of hydrogen-bond acceptors (Lipinski definition) is 6. The summed E-state index contributed by atoms with van der Waals surface area (Å²) in [5.41, 5.74) is 2.58. The van der Waals surface area contributed by atoms with Crippen molar-refractivity contribution in [2.24, 2.45) is 4.99 Å². The first-order valence-electron chi connectivity index (χ1n) is 9.97. The number of amidine groups is 1. The van der Waals surface area contributed by atoms with E-state index in [1.807, 2.05) is 41.3 Å². The summed E-state index contributed by atoms with van der Waals surface area (Å²) in [6.07, 6.45) is 0. The summed E-state index contributed by atoms with van der Waals surface area (Å²) in [7, 11) is 0. The number of nitrogens with zero attached hydrogens (tertiary/aromatic N) is 2. The highest BCUT2D eigenvalue weighted by molar-refractivity contribution is 14.1. The van der Waals surface area contributed by atoms with Crippen LogP contribution < -0.4 is 0 Å². The van der Waals surface area contributed by atoms with Crippen molar-refractivity contribution in [2.45, 2.75) is 31.2 Å². The van der Waals surface area contributed by atoms with Crippen LogP contribution in [0.4, 0.5) is 0 Å². The number of carbonyl (C=O) groups is 2. The third-order valence-corrected chi connectivity index (χ3v) is 7.58. The van der Waals surface area contributed by atoms with E-state index in [1.165, 1.54) is 11.8 Å². The van der Waals surface area contributed by atoms with Gasteiger partial charge in [0.1, 0.15) is 5.25 Å². The maximum atomic E-state index is 13.0. The maximum Gasteiger partial charge on any atom is 0.338 e. The van der Waals surface area contributed by atoms with Crippen LogP contribution in [0.15, 0.2) is 64.8 Å². The zero-order chi connectivity index (χ0) is 23.0. The van der Waals surface area contributed by atoms with Crippen molar-refractivity contribution in [3.8, 4) is 0 Å². The lowest BCUT2D eigenvalue weighted by Gasteiger charge is -2.39. The third kappa shape index (κ3) is 4.27. The fraction of sp³-hybridized carbons (Fsp3) is 0.261. The number of rotatable bonds is 5. The summed E-state index contributed by atoms with van der Waals surface area (Å²) in [4.78, 5) is 31.9. The van der Waals surface area contributed by atoms with Gasteiger partial charge < -0.3 is 14.7 Å². The average Bonchev–Trinajstić information content (AvgIpc) is 3.13. The van der Waals surface area contributed by atoms with Crippen LogP contribution in [0.3, 0.4) is 0 Å². The Morgan fingerprint density at radius 3 is 2.38 bits per heavy atom. The number of esters is 1. The number of carboxylic acids is 1. The third-order valence-electron chi connectivity index (χ3n) is 5.38. The minimum atomic E-state index is -0.930. The second-order valence-electron chi connectivity index (χ2n) is 7.35. The molecule has 3 unspecified atom stereocenters. The van der Waals surface area contributed by atoms with E-state index in [1.54, 1.807) is 26.0 Å². The summed E-state index contributed by atoms with van der Waals surface area (Å²) in [5.74, 6) is -1.39. The van der Waals surface area contributed by atoms with Crippen LogP contribution in [0.1, 0.15) is 37.1 Å².